The highest BCUT2D eigenvalue weighted by Gasteiger charge is 2.21. The summed E-state index contributed by atoms with van der Waals surface area (Å²) in [4.78, 5) is 7.23. The molecule has 0 bridgehead atoms. The van der Waals surface area contributed by atoms with E-state index in [0.29, 0.717) is 5.92 Å². The summed E-state index contributed by atoms with van der Waals surface area (Å²) in [6.07, 6.45) is 1.23. The second kappa shape index (κ2) is 6.04. The van der Waals surface area contributed by atoms with Gasteiger partial charge in [0.15, 0.2) is 0 Å². The molecule has 1 fully saturated rings. The minimum Gasteiger partial charge on any atom is -0.330 e. The standard InChI is InChI=1S/C16H21N3S/c1-12-2-4-14(5-3-12)16-18-15(11-20-16)10-19-7-6-13(8-17)9-19/h2-5,11,13H,6-10,17H2,1H3/t13-/m0/s1. The van der Waals surface area contributed by atoms with Crippen LogP contribution < -0.4 is 5.73 Å². The Hall–Kier alpha value is -1.23. The average molecular weight is 287 g/mol. The molecule has 1 atom stereocenters. The van der Waals surface area contributed by atoms with Gasteiger partial charge in [0.05, 0.1) is 5.69 Å². The topological polar surface area (TPSA) is 42.2 Å². The highest BCUT2D eigenvalue weighted by molar-refractivity contribution is 7.13. The molecule has 106 valence electrons. The molecule has 4 heteroatoms. The number of nitrogens with two attached hydrogens (primary N) is 1. The summed E-state index contributed by atoms with van der Waals surface area (Å²) in [6, 6.07) is 8.59. The van der Waals surface area contributed by atoms with Crippen LogP contribution in [0.4, 0.5) is 0 Å². The number of hydrogen-bond acceptors (Lipinski definition) is 4. The van der Waals surface area contributed by atoms with Crippen molar-refractivity contribution in [2.75, 3.05) is 19.6 Å². The van der Waals surface area contributed by atoms with E-state index in [1.54, 1.807) is 11.3 Å². The first-order valence-corrected chi connectivity index (χ1v) is 8.06. The zero-order valence-electron chi connectivity index (χ0n) is 11.9. The van der Waals surface area contributed by atoms with Crippen LogP contribution in [0.1, 0.15) is 17.7 Å². The van der Waals surface area contributed by atoms with E-state index in [9.17, 15) is 0 Å². The Balaban J connectivity index is 1.66. The molecular weight excluding hydrogens is 266 g/mol. The predicted molar refractivity (Wildman–Crippen MR) is 84.7 cm³/mol. The fourth-order valence-electron chi connectivity index (χ4n) is 2.69. The van der Waals surface area contributed by atoms with Gasteiger partial charge in [0, 0.05) is 24.0 Å². The van der Waals surface area contributed by atoms with Gasteiger partial charge in [-0.15, -0.1) is 11.3 Å². The van der Waals surface area contributed by atoms with Crippen LogP contribution >= 0.6 is 11.3 Å². The number of rotatable bonds is 4. The van der Waals surface area contributed by atoms with Crippen LogP contribution in [0.25, 0.3) is 10.6 Å². The van der Waals surface area contributed by atoms with E-state index in [1.165, 1.54) is 23.2 Å². The smallest absolute Gasteiger partial charge is 0.123 e. The molecule has 3 rings (SSSR count). The summed E-state index contributed by atoms with van der Waals surface area (Å²) in [5.41, 5.74) is 9.43. The summed E-state index contributed by atoms with van der Waals surface area (Å²) in [5.74, 6) is 0.671. The minimum absolute atomic E-state index is 0.671. The number of hydrogen-bond donors (Lipinski definition) is 1. The summed E-state index contributed by atoms with van der Waals surface area (Å²) < 4.78 is 0. The van der Waals surface area contributed by atoms with Crippen molar-refractivity contribution in [1.29, 1.82) is 0 Å². The number of benzene rings is 1. The van der Waals surface area contributed by atoms with Crippen molar-refractivity contribution in [2.45, 2.75) is 19.9 Å². The lowest BCUT2D eigenvalue weighted by Gasteiger charge is -2.13. The molecule has 1 aromatic carbocycles. The molecule has 2 heterocycles. The number of thiazole rings is 1. The summed E-state index contributed by atoms with van der Waals surface area (Å²) >= 11 is 1.74. The van der Waals surface area contributed by atoms with E-state index >= 15 is 0 Å². The molecule has 0 radical (unpaired) electrons. The van der Waals surface area contributed by atoms with E-state index in [-0.39, 0.29) is 0 Å². The van der Waals surface area contributed by atoms with E-state index < -0.39 is 0 Å². The van der Waals surface area contributed by atoms with Gasteiger partial charge in [-0.1, -0.05) is 29.8 Å². The van der Waals surface area contributed by atoms with E-state index in [1.807, 2.05) is 0 Å². The first-order valence-electron chi connectivity index (χ1n) is 7.18. The number of aryl methyl sites for hydroxylation is 1. The second-order valence-corrected chi connectivity index (χ2v) is 6.49. The van der Waals surface area contributed by atoms with Crippen LogP contribution in [0.2, 0.25) is 0 Å². The molecule has 20 heavy (non-hydrogen) atoms. The molecule has 2 aromatic rings. The Kier molecular flexibility index (Phi) is 4.15. The van der Waals surface area contributed by atoms with Gasteiger partial charge in [0.2, 0.25) is 0 Å². The Bertz CT molecular complexity index is 561. The van der Waals surface area contributed by atoms with Gasteiger partial charge < -0.3 is 5.73 Å². The van der Waals surface area contributed by atoms with Crippen LogP contribution in [0, 0.1) is 12.8 Å². The first kappa shape index (κ1) is 13.7. The lowest BCUT2D eigenvalue weighted by Crippen LogP contribution is -2.22. The minimum atomic E-state index is 0.671. The molecule has 2 N–H and O–H groups in total. The monoisotopic (exact) mass is 287 g/mol. The maximum absolute atomic E-state index is 5.74. The molecule has 1 saturated heterocycles. The first-order chi connectivity index (χ1) is 9.74. The van der Waals surface area contributed by atoms with Crippen LogP contribution in [-0.4, -0.2) is 29.5 Å². The maximum atomic E-state index is 5.74. The molecule has 1 aliphatic heterocycles. The molecule has 0 unspecified atom stereocenters. The molecule has 0 amide bonds. The predicted octanol–water partition coefficient (Wildman–Crippen LogP) is 2.90. The zero-order valence-corrected chi connectivity index (χ0v) is 12.7. The maximum Gasteiger partial charge on any atom is 0.123 e. The van der Waals surface area contributed by atoms with Crippen molar-refractivity contribution in [1.82, 2.24) is 9.88 Å². The molecule has 1 aromatic heterocycles. The van der Waals surface area contributed by atoms with Crippen molar-refractivity contribution in [2.24, 2.45) is 11.7 Å². The Labute approximate surface area is 124 Å². The molecule has 0 aliphatic carbocycles. The number of nitrogens with zero attached hydrogens (tertiary/aromatic N) is 2. The fourth-order valence-corrected chi connectivity index (χ4v) is 3.50. The summed E-state index contributed by atoms with van der Waals surface area (Å²) in [7, 11) is 0. The quantitative estimate of drug-likeness (QED) is 0.940. The van der Waals surface area contributed by atoms with Crippen LogP contribution in [0.5, 0.6) is 0 Å². The SMILES string of the molecule is Cc1ccc(-c2nc(CN3CC[C@@H](CN)C3)cs2)cc1. The van der Waals surface area contributed by atoms with Crippen LogP contribution in [0.3, 0.4) is 0 Å². The second-order valence-electron chi connectivity index (χ2n) is 5.64. The number of aromatic nitrogens is 1. The van der Waals surface area contributed by atoms with Crippen LogP contribution in [-0.2, 0) is 6.54 Å². The van der Waals surface area contributed by atoms with Gasteiger partial charge in [-0.3, -0.25) is 4.90 Å². The van der Waals surface area contributed by atoms with Crippen molar-refractivity contribution >= 4 is 11.3 Å². The zero-order chi connectivity index (χ0) is 13.9. The fraction of sp³-hybridized carbons (Fsp3) is 0.438. The molecule has 1 aliphatic rings. The molecule has 3 nitrogen and oxygen atoms in total. The van der Waals surface area contributed by atoms with Gasteiger partial charge >= 0.3 is 0 Å². The highest BCUT2D eigenvalue weighted by Crippen LogP contribution is 2.25. The van der Waals surface area contributed by atoms with E-state index in [4.69, 9.17) is 10.7 Å². The largest absolute Gasteiger partial charge is 0.330 e. The Morgan fingerprint density at radius 1 is 1.35 bits per heavy atom. The van der Waals surface area contributed by atoms with E-state index in [2.05, 4.69) is 41.5 Å². The van der Waals surface area contributed by atoms with Gasteiger partial charge in [-0.05, 0) is 32.4 Å². The highest BCUT2D eigenvalue weighted by atomic mass is 32.1. The van der Waals surface area contributed by atoms with Crippen molar-refractivity contribution in [3.8, 4) is 10.6 Å². The van der Waals surface area contributed by atoms with Gasteiger partial charge in [-0.25, -0.2) is 4.98 Å². The Morgan fingerprint density at radius 2 is 2.15 bits per heavy atom. The summed E-state index contributed by atoms with van der Waals surface area (Å²) in [5, 5.41) is 3.31. The third kappa shape index (κ3) is 3.08. The van der Waals surface area contributed by atoms with Crippen molar-refractivity contribution < 1.29 is 0 Å². The Morgan fingerprint density at radius 3 is 2.85 bits per heavy atom. The van der Waals surface area contributed by atoms with Crippen molar-refractivity contribution in [3.63, 3.8) is 0 Å². The van der Waals surface area contributed by atoms with Gasteiger partial charge in [0.1, 0.15) is 5.01 Å². The summed E-state index contributed by atoms with van der Waals surface area (Å²) in [6.45, 7) is 6.15. The molecule has 0 spiro atoms. The molecule has 0 saturated carbocycles. The third-order valence-corrected chi connectivity index (χ3v) is 4.88. The van der Waals surface area contributed by atoms with Gasteiger partial charge in [-0.2, -0.15) is 0 Å². The van der Waals surface area contributed by atoms with Gasteiger partial charge in [0.25, 0.3) is 0 Å². The van der Waals surface area contributed by atoms with Crippen LogP contribution in [0.15, 0.2) is 29.6 Å². The third-order valence-electron chi connectivity index (χ3n) is 3.94. The lowest BCUT2D eigenvalue weighted by atomic mass is 10.1. The normalized spacial score (nSPS) is 19.6. The average Bonchev–Trinajstić information content (AvgIpc) is 3.09. The number of likely N-dealkylation sites (tertiary alicyclic amines) is 1. The van der Waals surface area contributed by atoms with Crippen molar-refractivity contribution in [3.05, 3.63) is 40.9 Å². The molecular formula is C16H21N3S. The van der Waals surface area contributed by atoms with E-state index in [0.717, 1.165) is 31.2 Å². The lowest BCUT2D eigenvalue weighted by molar-refractivity contribution is 0.315.